The molecule has 0 bridgehead atoms. The zero-order valence-corrected chi connectivity index (χ0v) is 11.5. The molecule has 0 saturated carbocycles. The van der Waals surface area contributed by atoms with Crippen LogP contribution in [-0.2, 0) is 0 Å². The van der Waals surface area contributed by atoms with Crippen molar-refractivity contribution in [2.45, 2.75) is 13.3 Å². The number of ketones is 1. The highest BCUT2D eigenvalue weighted by Crippen LogP contribution is 2.16. The SMILES string of the molecule is CC(/C=C(\Br)CCl)CC(=O)c1ccccc1. The van der Waals surface area contributed by atoms with Crippen LogP contribution in [0.15, 0.2) is 40.9 Å². The summed E-state index contributed by atoms with van der Waals surface area (Å²) in [5, 5.41) is 0. The first-order chi connectivity index (χ1) is 7.63. The molecule has 1 nitrogen and oxygen atoms in total. The first-order valence-electron chi connectivity index (χ1n) is 5.14. The van der Waals surface area contributed by atoms with Crippen molar-refractivity contribution in [2.24, 2.45) is 5.92 Å². The lowest BCUT2D eigenvalue weighted by Gasteiger charge is -2.06. The second kappa shape index (κ2) is 6.87. The molecule has 0 aliphatic carbocycles. The van der Waals surface area contributed by atoms with Crippen molar-refractivity contribution >= 4 is 33.3 Å². The molecule has 0 aliphatic heterocycles. The number of rotatable bonds is 5. The molecular formula is C13H14BrClO. The molecule has 0 saturated heterocycles. The van der Waals surface area contributed by atoms with Gasteiger partial charge in [0.25, 0.3) is 0 Å². The van der Waals surface area contributed by atoms with E-state index in [0.29, 0.717) is 12.3 Å². The Labute approximate surface area is 110 Å². The van der Waals surface area contributed by atoms with Crippen molar-refractivity contribution in [1.29, 1.82) is 0 Å². The second-order valence-electron chi connectivity index (χ2n) is 3.72. The summed E-state index contributed by atoms with van der Waals surface area (Å²) in [6.45, 7) is 2.01. The van der Waals surface area contributed by atoms with Gasteiger partial charge in [-0.2, -0.15) is 0 Å². The maximum absolute atomic E-state index is 11.8. The summed E-state index contributed by atoms with van der Waals surface area (Å²) >= 11 is 8.99. The van der Waals surface area contributed by atoms with Crippen molar-refractivity contribution in [3.8, 4) is 0 Å². The summed E-state index contributed by atoms with van der Waals surface area (Å²) in [4.78, 5) is 11.8. The molecule has 86 valence electrons. The maximum atomic E-state index is 11.8. The quantitative estimate of drug-likeness (QED) is 0.581. The third kappa shape index (κ3) is 4.50. The van der Waals surface area contributed by atoms with Gasteiger partial charge in [0.05, 0.1) is 5.88 Å². The van der Waals surface area contributed by atoms with E-state index in [2.05, 4.69) is 15.9 Å². The predicted molar refractivity (Wildman–Crippen MR) is 72.3 cm³/mol. The van der Waals surface area contributed by atoms with Gasteiger partial charge in [-0.3, -0.25) is 4.79 Å². The minimum atomic E-state index is 0.166. The van der Waals surface area contributed by atoms with Crippen molar-refractivity contribution in [3.05, 3.63) is 46.5 Å². The zero-order valence-electron chi connectivity index (χ0n) is 9.12. The summed E-state index contributed by atoms with van der Waals surface area (Å²) in [5.41, 5.74) is 0.768. The molecule has 1 atom stereocenters. The molecule has 0 N–H and O–H groups in total. The number of allylic oxidation sites excluding steroid dienone is 2. The minimum absolute atomic E-state index is 0.166. The molecule has 0 aliphatic rings. The summed E-state index contributed by atoms with van der Waals surface area (Å²) in [5.74, 6) is 0.809. The molecule has 0 heterocycles. The molecule has 1 rings (SSSR count). The third-order valence-electron chi connectivity index (χ3n) is 2.20. The molecular weight excluding hydrogens is 287 g/mol. The molecule has 1 aromatic rings. The average molecular weight is 302 g/mol. The van der Waals surface area contributed by atoms with Crippen LogP contribution in [0.3, 0.4) is 0 Å². The lowest BCUT2D eigenvalue weighted by atomic mass is 9.99. The van der Waals surface area contributed by atoms with Crippen LogP contribution in [0.5, 0.6) is 0 Å². The molecule has 1 unspecified atom stereocenters. The Morgan fingerprint density at radius 3 is 2.62 bits per heavy atom. The Morgan fingerprint density at radius 1 is 1.44 bits per heavy atom. The van der Waals surface area contributed by atoms with Gasteiger partial charge < -0.3 is 0 Å². The van der Waals surface area contributed by atoms with Gasteiger partial charge >= 0.3 is 0 Å². The third-order valence-corrected chi connectivity index (χ3v) is 3.35. The van der Waals surface area contributed by atoms with Gasteiger partial charge in [-0.1, -0.05) is 59.3 Å². The Morgan fingerprint density at radius 2 is 2.06 bits per heavy atom. The minimum Gasteiger partial charge on any atom is -0.294 e. The topological polar surface area (TPSA) is 17.1 Å². The standard InChI is InChI=1S/C13H14BrClO/c1-10(7-12(14)9-15)8-13(16)11-5-3-2-4-6-11/h2-7,10H,8-9H2,1H3/b12-7-. The van der Waals surface area contributed by atoms with E-state index in [4.69, 9.17) is 11.6 Å². The van der Waals surface area contributed by atoms with Crippen LogP contribution in [-0.4, -0.2) is 11.7 Å². The van der Waals surface area contributed by atoms with Crippen LogP contribution in [0.4, 0.5) is 0 Å². The van der Waals surface area contributed by atoms with Crippen LogP contribution in [0.25, 0.3) is 0 Å². The smallest absolute Gasteiger partial charge is 0.163 e. The van der Waals surface area contributed by atoms with E-state index in [1.165, 1.54) is 0 Å². The van der Waals surface area contributed by atoms with Gasteiger partial charge in [-0.15, -0.1) is 11.6 Å². The highest BCUT2D eigenvalue weighted by Gasteiger charge is 2.09. The lowest BCUT2D eigenvalue weighted by Crippen LogP contribution is -2.04. The van der Waals surface area contributed by atoms with Crippen LogP contribution in [0.2, 0.25) is 0 Å². The fourth-order valence-corrected chi connectivity index (χ4v) is 1.99. The fourth-order valence-electron chi connectivity index (χ4n) is 1.45. The Kier molecular flexibility index (Phi) is 5.78. The number of alkyl halides is 1. The maximum Gasteiger partial charge on any atom is 0.163 e. The number of benzene rings is 1. The fraction of sp³-hybridized carbons (Fsp3) is 0.308. The van der Waals surface area contributed by atoms with Gasteiger partial charge in [0.15, 0.2) is 5.78 Å². The highest BCUT2D eigenvalue weighted by molar-refractivity contribution is 9.11. The molecule has 0 spiro atoms. The van der Waals surface area contributed by atoms with E-state index in [0.717, 1.165) is 10.0 Å². The lowest BCUT2D eigenvalue weighted by molar-refractivity contribution is 0.0972. The van der Waals surface area contributed by atoms with E-state index in [1.54, 1.807) is 0 Å². The number of hydrogen-bond acceptors (Lipinski definition) is 1. The van der Waals surface area contributed by atoms with Crippen molar-refractivity contribution in [1.82, 2.24) is 0 Å². The average Bonchev–Trinajstić information content (AvgIpc) is 2.29. The first-order valence-corrected chi connectivity index (χ1v) is 6.46. The molecule has 0 radical (unpaired) electrons. The van der Waals surface area contributed by atoms with E-state index in [9.17, 15) is 4.79 Å². The van der Waals surface area contributed by atoms with Gasteiger partial charge in [0.2, 0.25) is 0 Å². The zero-order chi connectivity index (χ0) is 12.0. The van der Waals surface area contributed by atoms with E-state index < -0.39 is 0 Å². The number of carbonyl (C=O) groups excluding carboxylic acids is 1. The normalized spacial score (nSPS) is 13.6. The summed E-state index contributed by atoms with van der Waals surface area (Å²) in [6.07, 6.45) is 2.49. The predicted octanol–water partition coefficient (Wildman–Crippen LogP) is 4.41. The Balaban J connectivity index is 2.59. The monoisotopic (exact) mass is 300 g/mol. The van der Waals surface area contributed by atoms with Gasteiger partial charge in [-0.25, -0.2) is 0 Å². The van der Waals surface area contributed by atoms with Crippen LogP contribution >= 0.6 is 27.5 Å². The molecule has 3 heteroatoms. The van der Waals surface area contributed by atoms with Gasteiger partial charge in [0.1, 0.15) is 0 Å². The number of halogens is 2. The van der Waals surface area contributed by atoms with Gasteiger partial charge in [-0.05, 0) is 5.92 Å². The Bertz CT molecular complexity index is 373. The summed E-state index contributed by atoms with van der Waals surface area (Å²) < 4.78 is 0.933. The van der Waals surface area contributed by atoms with Crippen LogP contribution in [0.1, 0.15) is 23.7 Å². The first kappa shape index (κ1) is 13.5. The van der Waals surface area contributed by atoms with Gasteiger partial charge in [0, 0.05) is 16.5 Å². The molecule has 1 aromatic carbocycles. The van der Waals surface area contributed by atoms with Crippen LogP contribution in [0, 0.1) is 5.92 Å². The highest BCUT2D eigenvalue weighted by atomic mass is 79.9. The van der Waals surface area contributed by atoms with Crippen LogP contribution < -0.4 is 0 Å². The molecule has 0 fully saturated rings. The largest absolute Gasteiger partial charge is 0.294 e. The van der Waals surface area contributed by atoms with Crippen molar-refractivity contribution < 1.29 is 4.79 Å². The van der Waals surface area contributed by atoms with Crippen molar-refractivity contribution in [3.63, 3.8) is 0 Å². The van der Waals surface area contributed by atoms with Crippen molar-refractivity contribution in [2.75, 3.05) is 5.88 Å². The number of hydrogen-bond donors (Lipinski definition) is 0. The van der Waals surface area contributed by atoms with E-state index in [1.807, 2.05) is 43.3 Å². The second-order valence-corrected chi connectivity index (χ2v) is 5.00. The molecule has 0 amide bonds. The summed E-state index contributed by atoms with van der Waals surface area (Å²) in [7, 11) is 0. The number of carbonyl (C=O) groups is 1. The Hall–Kier alpha value is -0.600. The van der Waals surface area contributed by atoms with E-state index in [-0.39, 0.29) is 11.7 Å². The molecule has 16 heavy (non-hydrogen) atoms. The van der Waals surface area contributed by atoms with E-state index >= 15 is 0 Å². The molecule has 0 aromatic heterocycles. The summed E-state index contributed by atoms with van der Waals surface area (Å²) in [6, 6.07) is 9.35. The number of Topliss-reactive ketones (excluding diaryl/α,β-unsaturated/α-hetero) is 1.